The number of anilines is 1. The number of nitrogens with one attached hydrogen (secondary N) is 1. The molecule has 3 aromatic carbocycles. The van der Waals surface area contributed by atoms with Crippen molar-refractivity contribution in [1.82, 2.24) is 4.98 Å². The minimum atomic E-state index is -0.303. The van der Waals surface area contributed by atoms with Crippen LogP contribution in [0, 0.1) is 0 Å². The monoisotopic (exact) mass is 488 g/mol. The van der Waals surface area contributed by atoms with Gasteiger partial charge in [-0.25, -0.2) is 4.98 Å². The number of thiazole rings is 1. The zero-order valence-electron chi connectivity index (χ0n) is 15.9. The molecular formula is C23H15Cl3N2O2S. The average Bonchev–Trinajstić information content (AvgIpc) is 3.26. The molecule has 1 amide bonds. The molecule has 1 aromatic heterocycles. The molecular weight excluding hydrogens is 475 g/mol. The van der Waals surface area contributed by atoms with Crippen molar-refractivity contribution in [3.8, 4) is 27.6 Å². The number of amides is 1. The average molecular weight is 490 g/mol. The van der Waals surface area contributed by atoms with E-state index < -0.39 is 0 Å². The van der Waals surface area contributed by atoms with Crippen LogP contribution >= 0.6 is 46.1 Å². The van der Waals surface area contributed by atoms with Gasteiger partial charge in [-0.2, -0.15) is 0 Å². The van der Waals surface area contributed by atoms with Crippen LogP contribution in [-0.2, 0) is 4.79 Å². The second kappa shape index (κ2) is 9.71. The van der Waals surface area contributed by atoms with E-state index >= 15 is 0 Å². The molecule has 0 atom stereocenters. The Kier molecular flexibility index (Phi) is 6.78. The highest BCUT2D eigenvalue weighted by Gasteiger charge is 2.09. The van der Waals surface area contributed by atoms with Gasteiger partial charge in [-0.3, -0.25) is 4.79 Å². The van der Waals surface area contributed by atoms with Gasteiger partial charge in [-0.1, -0.05) is 59.1 Å². The predicted octanol–water partition coefficient (Wildman–Crippen LogP) is 7.45. The van der Waals surface area contributed by atoms with Gasteiger partial charge >= 0.3 is 0 Å². The molecule has 0 fully saturated rings. The number of carbonyl (C=O) groups is 1. The second-order valence-corrected chi connectivity index (χ2v) is 8.67. The maximum absolute atomic E-state index is 12.2. The summed E-state index contributed by atoms with van der Waals surface area (Å²) in [6.45, 7) is -0.182. The molecule has 0 aliphatic heterocycles. The molecule has 31 heavy (non-hydrogen) atoms. The van der Waals surface area contributed by atoms with Crippen LogP contribution in [0.4, 0.5) is 5.69 Å². The van der Waals surface area contributed by atoms with Crippen LogP contribution in [-0.4, -0.2) is 17.5 Å². The summed E-state index contributed by atoms with van der Waals surface area (Å²) in [6.07, 6.45) is 0. The maximum atomic E-state index is 12.2. The topological polar surface area (TPSA) is 51.2 Å². The molecule has 156 valence electrons. The van der Waals surface area contributed by atoms with Gasteiger partial charge in [-0.05, 0) is 36.4 Å². The van der Waals surface area contributed by atoms with Crippen molar-refractivity contribution >= 4 is 57.7 Å². The molecule has 0 saturated heterocycles. The Morgan fingerprint density at radius 2 is 1.58 bits per heavy atom. The van der Waals surface area contributed by atoms with Crippen LogP contribution in [0.3, 0.4) is 0 Å². The first-order valence-corrected chi connectivity index (χ1v) is 11.2. The van der Waals surface area contributed by atoms with Crippen molar-refractivity contribution < 1.29 is 9.53 Å². The minimum Gasteiger partial charge on any atom is -0.482 e. The van der Waals surface area contributed by atoms with Crippen LogP contribution in [0.25, 0.3) is 21.8 Å². The SMILES string of the molecule is O=C(COc1cc(Cl)ccc1Cl)Nc1ccc(-c2csc(-c3ccc(Cl)cc3)n2)cc1. The highest BCUT2D eigenvalue weighted by molar-refractivity contribution is 7.13. The van der Waals surface area contributed by atoms with Gasteiger partial charge in [0.05, 0.1) is 10.7 Å². The highest BCUT2D eigenvalue weighted by Crippen LogP contribution is 2.30. The van der Waals surface area contributed by atoms with Gasteiger partial charge in [0.25, 0.3) is 5.91 Å². The summed E-state index contributed by atoms with van der Waals surface area (Å²) in [5, 5.41) is 7.28. The van der Waals surface area contributed by atoms with Gasteiger partial charge in [0.2, 0.25) is 0 Å². The summed E-state index contributed by atoms with van der Waals surface area (Å²) in [5.41, 5.74) is 3.50. The fourth-order valence-electron chi connectivity index (χ4n) is 2.78. The van der Waals surface area contributed by atoms with Crippen molar-refractivity contribution in [3.63, 3.8) is 0 Å². The third-order valence-corrected chi connectivity index (χ3v) is 6.00. The molecule has 0 bridgehead atoms. The van der Waals surface area contributed by atoms with Crippen molar-refractivity contribution in [2.75, 3.05) is 11.9 Å². The van der Waals surface area contributed by atoms with E-state index in [-0.39, 0.29) is 12.5 Å². The van der Waals surface area contributed by atoms with Gasteiger partial charge in [0.15, 0.2) is 6.61 Å². The maximum Gasteiger partial charge on any atom is 0.262 e. The van der Waals surface area contributed by atoms with Crippen LogP contribution in [0.5, 0.6) is 5.75 Å². The van der Waals surface area contributed by atoms with Crippen LogP contribution in [0.2, 0.25) is 15.1 Å². The normalized spacial score (nSPS) is 10.7. The summed E-state index contributed by atoms with van der Waals surface area (Å²) in [5.74, 6) is 0.0576. The number of aromatic nitrogens is 1. The van der Waals surface area contributed by atoms with Gasteiger partial charge in [-0.15, -0.1) is 11.3 Å². The summed E-state index contributed by atoms with van der Waals surface area (Å²) in [6, 6.07) is 19.9. The fraction of sp³-hybridized carbons (Fsp3) is 0.0435. The lowest BCUT2D eigenvalue weighted by Crippen LogP contribution is -2.20. The van der Waals surface area contributed by atoms with E-state index in [1.165, 1.54) is 0 Å². The van der Waals surface area contributed by atoms with E-state index in [1.54, 1.807) is 29.5 Å². The first-order chi connectivity index (χ1) is 15.0. The Hall–Kier alpha value is -2.57. The first-order valence-electron chi connectivity index (χ1n) is 9.17. The van der Waals surface area contributed by atoms with E-state index in [4.69, 9.17) is 44.5 Å². The fourth-order valence-corrected chi connectivity index (χ4v) is 4.08. The Bertz CT molecular complexity index is 1210. The molecule has 0 aliphatic carbocycles. The van der Waals surface area contributed by atoms with Crippen LogP contribution < -0.4 is 10.1 Å². The largest absolute Gasteiger partial charge is 0.482 e. The molecule has 4 rings (SSSR count). The zero-order valence-corrected chi connectivity index (χ0v) is 19.0. The Morgan fingerprint density at radius 1 is 0.903 bits per heavy atom. The molecule has 0 saturated carbocycles. The second-order valence-electron chi connectivity index (χ2n) is 6.53. The summed E-state index contributed by atoms with van der Waals surface area (Å²) in [4.78, 5) is 16.9. The number of hydrogen-bond donors (Lipinski definition) is 1. The summed E-state index contributed by atoms with van der Waals surface area (Å²) < 4.78 is 5.45. The Balaban J connectivity index is 1.37. The molecule has 0 unspecified atom stereocenters. The summed E-state index contributed by atoms with van der Waals surface area (Å²) in [7, 11) is 0. The number of nitrogens with zero attached hydrogens (tertiary/aromatic N) is 1. The molecule has 0 aliphatic rings. The molecule has 0 spiro atoms. The minimum absolute atomic E-state index is 0.182. The highest BCUT2D eigenvalue weighted by atomic mass is 35.5. The first kappa shape index (κ1) is 21.7. The van der Waals surface area contributed by atoms with E-state index in [1.807, 2.05) is 53.9 Å². The number of ether oxygens (including phenoxy) is 1. The zero-order chi connectivity index (χ0) is 21.8. The quantitative estimate of drug-likeness (QED) is 0.306. The van der Waals surface area contributed by atoms with Gasteiger partial charge in [0, 0.05) is 38.3 Å². The van der Waals surface area contributed by atoms with Gasteiger partial charge < -0.3 is 10.1 Å². The smallest absolute Gasteiger partial charge is 0.262 e. The van der Waals surface area contributed by atoms with Crippen molar-refractivity contribution in [2.45, 2.75) is 0 Å². The Labute approximate surface area is 198 Å². The lowest BCUT2D eigenvalue weighted by molar-refractivity contribution is -0.118. The van der Waals surface area contributed by atoms with Gasteiger partial charge in [0.1, 0.15) is 10.8 Å². The Morgan fingerprint density at radius 3 is 2.32 bits per heavy atom. The molecule has 8 heteroatoms. The lowest BCUT2D eigenvalue weighted by Gasteiger charge is -2.09. The predicted molar refractivity (Wildman–Crippen MR) is 129 cm³/mol. The van der Waals surface area contributed by atoms with Crippen molar-refractivity contribution in [2.24, 2.45) is 0 Å². The molecule has 0 radical (unpaired) electrons. The van der Waals surface area contributed by atoms with E-state index in [0.29, 0.717) is 26.5 Å². The van der Waals surface area contributed by atoms with Crippen LogP contribution in [0.15, 0.2) is 72.1 Å². The number of hydrogen-bond acceptors (Lipinski definition) is 4. The third-order valence-electron chi connectivity index (χ3n) is 4.31. The molecule has 1 N–H and O–H groups in total. The van der Waals surface area contributed by atoms with Crippen molar-refractivity contribution in [3.05, 3.63) is 87.2 Å². The van der Waals surface area contributed by atoms with Crippen LogP contribution in [0.1, 0.15) is 0 Å². The van der Waals surface area contributed by atoms with E-state index in [0.717, 1.165) is 21.8 Å². The van der Waals surface area contributed by atoms with Crippen molar-refractivity contribution in [1.29, 1.82) is 0 Å². The molecule has 4 aromatic rings. The number of benzene rings is 3. The molecule has 4 nitrogen and oxygen atoms in total. The lowest BCUT2D eigenvalue weighted by atomic mass is 10.1. The summed E-state index contributed by atoms with van der Waals surface area (Å²) >= 11 is 19.5. The third kappa shape index (κ3) is 5.57. The number of carbonyl (C=O) groups excluding carboxylic acids is 1. The van der Waals surface area contributed by atoms with E-state index in [9.17, 15) is 4.79 Å². The standard InChI is InChI=1S/C23H15Cl3N2O2S/c24-16-5-1-15(2-6-16)23-28-20(13-31-23)14-3-8-18(9-4-14)27-22(29)12-30-21-11-17(25)7-10-19(21)26/h1-11,13H,12H2,(H,27,29). The van der Waals surface area contributed by atoms with E-state index in [2.05, 4.69) is 5.32 Å². The number of rotatable bonds is 6. The number of halogens is 3. The molecule has 1 heterocycles.